The van der Waals surface area contributed by atoms with Crippen LogP contribution >= 0.6 is 11.3 Å². The Bertz CT molecular complexity index is 884. The third kappa shape index (κ3) is 4.60. The molecule has 1 aromatic carbocycles. The van der Waals surface area contributed by atoms with Crippen molar-refractivity contribution < 1.29 is 19.1 Å². The maximum atomic E-state index is 12.2. The summed E-state index contributed by atoms with van der Waals surface area (Å²) >= 11 is 1.22. The van der Waals surface area contributed by atoms with Gasteiger partial charge in [-0.05, 0) is 36.1 Å². The fourth-order valence-corrected chi connectivity index (χ4v) is 3.95. The average Bonchev–Trinajstić information content (AvgIpc) is 3.01. The Balaban J connectivity index is 1.57. The van der Waals surface area contributed by atoms with Gasteiger partial charge >= 0.3 is 0 Å². The molecule has 142 valence electrons. The summed E-state index contributed by atoms with van der Waals surface area (Å²) in [7, 11) is 0. The monoisotopic (exact) mass is 386 g/mol. The van der Waals surface area contributed by atoms with E-state index in [1.54, 1.807) is 24.3 Å². The van der Waals surface area contributed by atoms with Gasteiger partial charge in [0.15, 0.2) is 23.3 Å². The number of anilines is 1. The van der Waals surface area contributed by atoms with E-state index in [4.69, 9.17) is 4.74 Å². The molecule has 6 nitrogen and oxygen atoms in total. The van der Waals surface area contributed by atoms with Crippen LogP contribution in [0.3, 0.4) is 0 Å². The van der Waals surface area contributed by atoms with Gasteiger partial charge in [0.2, 0.25) is 0 Å². The van der Waals surface area contributed by atoms with Gasteiger partial charge in [-0.25, -0.2) is 4.98 Å². The maximum absolute atomic E-state index is 12.2. The molecule has 1 aliphatic carbocycles. The van der Waals surface area contributed by atoms with Crippen LogP contribution in [-0.4, -0.2) is 29.1 Å². The highest BCUT2D eigenvalue weighted by atomic mass is 32.1. The number of nitrogens with one attached hydrogen (secondary N) is 1. The molecule has 0 bridgehead atoms. The lowest BCUT2D eigenvalue weighted by Crippen LogP contribution is -2.26. The van der Waals surface area contributed by atoms with Crippen molar-refractivity contribution in [3.05, 3.63) is 40.4 Å². The average molecular weight is 386 g/mol. The van der Waals surface area contributed by atoms with Crippen LogP contribution in [0.4, 0.5) is 5.13 Å². The molecule has 27 heavy (non-hydrogen) atoms. The zero-order valence-electron chi connectivity index (χ0n) is 15.6. The molecule has 3 rings (SSSR count). The molecule has 0 saturated heterocycles. The summed E-state index contributed by atoms with van der Waals surface area (Å²) in [6.45, 7) is 5.71. The lowest BCUT2D eigenvalue weighted by molar-refractivity contribution is -0.118. The van der Waals surface area contributed by atoms with E-state index >= 15 is 0 Å². The first kappa shape index (κ1) is 19.2. The van der Waals surface area contributed by atoms with Gasteiger partial charge in [-0.2, -0.15) is 0 Å². The highest BCUT2D eigenvalue weighted by molar-refractivity contribution is 7.17. The number of hydrogen-bond acceptors (Lipinski definition) is 6. The van der Waals surface area contributed by atoms with Crippen LogP contribution in [0.15, 0.2) is 24.3 Å². The minimum absolute atomic E-state index is 0.0600. The second-order valence-corrected chi connectivity index (χ2v) is 8.37. The zero-order valence-corrected chi connectivity index (χ0v) is 16.4. The Morgan fingerprint density at radius 1 is 1.22 bits per heavy atom. The van der Waals surface area contributed by atoms with Crippen LogP contribution in [0, 0.1) is 5.41 Å². The fourth-order valence-electron chi connectivity index (χ4n) is 3.02. The number of thiazole rings is 1. The number of hydrogen-bond donors (Lipinski definition) is 1. The molecule has 0 fully saturated rings. The summed E-state index contributed by atoms with van der Waals surface area (Å²) in [6.07, 6.45) is 1.66. The minimum Gasteiger partial charge on any atom is -0.484 e. The van der Waals surface area contributed by atoms with E-state index in [2.05, 4.69) is 10.3 Å². The largest absolute Gasteiger partial charge is 0.484 e. The fraction of sp³-hybridized carbons (Fsp3) is 0.400. The number of amides is 1. The number of nitrogens with zero attached hydrogens (tertiary/aromatic N) is 1. The van der Waals surface area contributed by atoms with Crippen molar-refractivity contribution in [2.45, 2.75) is 40.0 Å². The molecule has 0 radical (unpaired) electrons. The first-order valence-electron chi connectivity index (χ1n) is 8.86. The van der Waals surface area contributed by atoms with E-state index in [9.17, 15) is 14.4 Å². The normalized spacial score (nSPS) is 15.1. The lowest BCUT2D eigenvalue weighted by atomic mass is 9.78. The molecule has 0 spiro atoms. The molecular weight excluding hydrogens is 364 g/mol. The van der Waals surface area contributed by atoms with Crippen molar-refractivity contribution >= 4 is 33.9 Å². The van der Waals surface area contributed by atoms with Crippen LogP contribution in [0.2, 0.25) is 0 Å². The SMILES string of the molecule is CCC(=O)c1ccc(OCC(=O)Nc2nc3c(s2)C(=O)CC(C)(C)C3)cc1. The van der Waals surface area contributed by atoms with E-state index in [0.29, 0.717) is 34.2 Å². The molecule has 1 N–H and O–H groups in total. The Labute approximate surface area is 162 Å². The smallest absolute Gasteiger partial charge is 0.264 e. The molecule has 1 amide bonds. The van der Waals surface area contributed by atoms with Gasteiger partial charge < -0.3 is 4.74 Å². The summed E-state index contributed by atoms with van der Waals surface area (Å²) in [6, 6.07) is 6.70. The van der Waals surface area contributed by atoms with Gasteiger partial charge in [0.1, 0.15) is 5.75 Å². The summed E-state index contributed by atoms with van der Waals surface area (Å²) in [5.41, 5.74) is 1.28. The predicted octanol–water partition coefficient (Wildman–Crippen LogP) is 3.91. The van der Waals surface area contributed by atoms with Crippen molar-refractivity contribution in [1.82, 2.24) is 4.98 Å². The van der Waals surface area contributed by atoms with Gasteiger partial charge in [0, 0.05) is 18.4 Å². The van der Waals surface area contributed by atoms with Crippen molar-refractivity contribution in [3.8, 4) is 5.75 Å². The lowest BCUT2D eigenvalue weighted by Gasteiger charge is -2.26. The number of fused-ring (bicyclic) bond motifs is 1. The summed E-state index contributed by atoms with van der Waals surface area (Å²) < 4.78 is 5.45. The second-order valence-electron chi connectivity index (χ2n) is 7.37. The minimum atomic E-state index is -0.346. The Hall–Kier alpha value is -2.54. The molecule has 0 unspecified atom stereocenters. The summed E-state index contributed by atoms with van der Waals surface area (Å²) in [5, 5.41) is 3.11. The van der Waals surface area contributed by atoms with Crippen molar-refractivity contribution in [3.63, 3.8) is 0 Å². The van der Waals surface area contributed by atoms with Crippen LogP contribution in [0.5, 0.6) is 5.75 Å². The first-order valence-corrected chi connectivity index (χ1v) is 9.68. The van der Waals surface area contributed by atoms with Gasteiger partial charge in [0.05, 0.1) is 10.6 Å². The highest BCUT2D eigenvalue weighted by Gasteiger charge is 2.34. The standard InChI is InChI=1S/C20H22N2O4S/c1-4-15(23)12-5-7-13(8-6-12)26-11-17(25)22-19-21-14-9-20(2,3)10-16(24)18(14)27-19/h5-8H,4,9-11H2,1-3H3,(H,21,22,25). The van der Waals surface area contributed by atoms with Crippen molar-refractivity contribution in [1.29, 1.82) is 0 Å². The van der Waals surface area contributed by atoms with E-state index < -0.39 is 0 Å². The highest BCUT2D eigenvalue weighted by Crippen LogP contribution is 2.38. The van der Waals surface area contributed by atoms with E-state index in [1.807, 2.05) is 20.8 Å². The molecule has 2 aromatic rings. The van der Waals surface area contributed by atoms with E-state index in [-0.39, 0.29) is 29.5 Å². The summed E-state index contributed by atoms with van der Waals surface area (Å²) in [5.74, 6) is 0.302. The van der Waals surface area contributed by atoms with Crippen molar-refractivity contribution in [2.75, 3.05) is 11.9 Å². The number of carbonyl (C=O) groups excluding carboxylic acids is 3. The summed E-state index contributed by atoms with van der Waals surface area (Å²) in [4.78, 5) is 41.0. The molecular formula is C20H22N2O4S. The van der Waals surface area contributed by atoms with Gasteiger partial charge in [0.25, 0.3) is 5.91 Å². The van der Waals surface area contributed by atoms with Gasteiger partial charge in [-0.3, -0.25) is 19.7 Å². The van der Waals surface area contributed by atoms with Crippen LogP contribution in [-0.2, 0) is 11.2 Å². The molecule has 1 aromatic heterocycles. The van der Waals surface area contributed by atoms with Crippen LogP contribution < -0.4 is 10.1 Å². The predicted molar refractivity (Wildman–Crippen MR) is 104 cm³/mol. The number of carbonyl (C=O) groups is 3. The van der Waals surface area contributed by atoms with Gasteiger partial charge in [-0.1, -0.05) is 32.1 Å². The molecule has 1 aliphatic rings. The van der Waals surface area contributed by atoms with E-state index in [1.165, 1.54) is 11.3 Å². The Morgan fingerprint density at radius 2 is 1.93 bits per heavy atom. The number of ketones is 2. The Kier molecular flexibility index (Phi) is 5.41. The molecule has 7 heteroatoms. The van der Waals surface area contributed by atoms with Crippen LogP contribution in [0.1, 0.15) is 59.3 Å². The maximum Gasteiger partial charge on any atom is 0.264 e. The van der Waals surface area contributed by atoms with Gasteiger partial charge in [-0.15, -0.1) is 0 Å². The molecule has 0 aliphatic heterocycles. The van der Waals surface area contributed by atoms with E-state index in [0.717, 1.165) is 12.1 Å². The zero-order chi connectivity index (χ0) is 19.6. The molecule has 0 atom stereocenters. The number of aromatic nitrogens is 1. The van der Waals surface area contributed by atoms with Crippen LogP contribution in [0.25, 0.3) is 0 Å². The third-order valence-electron chi connectivity index (χ3n) is 4.35. The number of benzene rings is 1. The van der Waals surface area contributed by atoms with Crippen molar-refractivity contribution in [2.24, 2.45) is 5.41 Å². The third-order valence-corrected chi connectivity index (χ3v) is 5.40. The number of rotatable bonds is 6. The molecule has 0 saturated carbocycles. The number of Topliss-reactive ketones (excluding diaryl/α,β-unsaturated/α-hetero) is 2. The second kappa shape index (κ2) is 7.60. The first-order chi connectivity index (χ1) is 12.8. The Morgan fingerprint density at radius 3 is 2.59 bits per heavy atom. The molecule has 1 heterocycles. The topological polar surface area (TPSA) is 85.4 Å². The number of ether oxygens (including phenoxy) is 1. The quantitative estimate of drug-likeness (QED) is 0.761.